The van der Waals surface area contributed by atoms with E-state index >= 15 is 0 Å². The van der Waals surface area contributed by atoms with Crippen LogP contribution in [-0.4, -0.2) is 0 Å². The molecule has 1 heterocycles. The van der Waals surface area contributed by atoms with Crippen LogP contribution in [0.5, 0.6) is 0 Å². The maximum Gasteiger partial charge on any atom is 0.106 e. The van der Waals surface area contributed by atoms with Gasteiger partial charge in [-0.05, 0) is 38.1 Å². The number of nitriles is 1. The summed E-state index contributed by atoms with van der Waals surface area (Å²) in [5.41, 5.74) is 2.40. The van der Waals surface area contributed by atoms with Crippen LogP contribution in [0.15, 0.2) is 28.7 Å². The average molecular weight is 261 g/mol. The van der Waals surface area contributed by atoms with Crippen LogP contribution < -0.4 is 5.32 Å². The van der Waals surface area contributed by atoms with Crippen LogP contribution in [0.2, 0.25) is 5.02 Å². The van der Waals surface area contributed by atoms with Gasteiger partial charge in [-0.3, -0.25) is 0 Å². The fraction of sp³-hybridized carbons (Fsp3) is 0.214. The molecular weight excluding hydrogens is 248 g/mol. The van der Waals surface area contributed by atoms with E-state index < -0.39 is 0 Å². The van der Waals surface area contributed by atoms with Crippen LogP contribution in [0.4, 0.5) is 5.69 Å². The summed E-state index contributed by atoms with van der Waals surface area (Å²) >= 11 is 5.92. The van der Waals surface area contributed by atoms with E-state index in [1.807, 2.05) is 19.9 Å². The van der Waals surface area contributed by atoms with Gasteiger partial charge in [0.05, 0.1) is 11.3 Å². The van der Waals surface area contributed by atoms with E-state index in [2.05, 4.69) is 11.4 Å². The Kier molecular flexibility index (Phi) is 3.59. The third-order valence-corrected chi connectivity index (χ3v) is 2.95. The largest absolute Gasteiger partial charge is 0.466 e. The zero-order valence-electron chi connectivity index (χ0n) is 10.2. The Morgan fingerprint density at radius 3 is 2.72 bits per heavy atom. The molecule has 0 amide bonds. The fourth-order valence-corrected chi connectivity index (χ4v) is 1.98. The molecule has 1 aromatic heterocycles. The van der Waals surface area contributed by atoms with Gasteiger partial charge in [0.2, 0.25) is 0 Å². The van der Waals surface area contributed by atoms with E-state index in [4.69, 9.17) is 21.3 Å². The van der Waals surface area contributed by atoms with Crippen molar-refractivity contribution in [3.05, 3.63) is 51.9 Å². The Morgan fingerprint density at radius 1 is 1.33 bits per heavy atom. The molecule has 0 spiro atoms. The molecule has 0 fully saturated rings. The minimum Gasteiger partial charge on any atom is -0.466 e. The highest BCUT2D eigenvalue weighted by Gasteiger charge is 2.06. The second kappa shape index (κ2) is 5.16. The van der Waals surface area contributed by atoms with E-state index in [-0.39, 0.29) is 0 Å². The third kappa shape index (κ3) is 2.66. The number of aryl methyl sites for hydroxylation is 2. The number of furan rings is 1. The molecule has 3 nitrogen and oxygen atoms in total. The highest BCUT2D eigenvalue weighted by Crippen LogP contribution is 2.22. The number of nitrogens with zero attached hydrogens (tertiary/aromatic N) is 1. The molecule has 1 N–H and O–H groups in total. The van der Waals surface area contributed by atoms with Gasteiger partial charge in [0, 0.05) is 17.1 Å². The van der Waals surface area contributed by atoms with E-state index in [0.29, 0.717) is 17.1 Å². The molecule has 0 aliphatic heterocycles. The van der Waals surface area contributed by atoms with Crippen molar-refractivity contribution in [3.63, 3.8) is 0 Å². The Labute approximate surface area is 111 Å². The van der Waals surface area contributed by atoms with Crippen LogP contribution in [0.3, 0.4) is 0 Å². The number of nitrogens with one attached hydrogen (secondary N) is 1. The average Bonchev–Trinajstić information content (AvgIpc) is 2.65. The first-order valence-electron chi connectivity index (χ1n) is 5.59. The van der Waals surface area contributed by atoms with Gasteiger partial charge in [-0.15, -0.1) is 0 Å². The lowest BCUT2D eigenvalue weighted by Crippen LogP contribution is -2.01. The Morgan fingerprint density at radius 2 is 2.11 bits per heavy atom. The van der Waals surface area contributed by atoms with E-state index in [0.717, 1.165) is 22.8 Å². The van der Waals surface area contributed by atoms with Crippen molar-refractivity contribution < 1.29 is 4.42 Å². The lowest BCUT2D eigenvalue weighted by Gasteiger charge is -2.07. The molecule has 18 heavy (non-hydrogen) atoms. The molecule has 2 aromatic rings. The number of rotatable bonds is 3. The lowest BCUT2D eigenvalue weighted by molar-refractivity contribution is 0.501. The monoisotopic (exact) mass is 260 g/mol. The quantitative estimate of drug-likeness (QED) is 0.906. The van der Waals surface area contributed by atoms with Gasteiger partial charge in [-0.2, -0.15) is 5.26 Å². The topological polar surface area (TPSA) is 49.0 Å². The summed E-state index contributed by atoms with van der Waals surface area (Å²) in [6, 6.07) is 9.29. The second-order valence-electron chi connectivity index (χ2n) is 4.09. The summed E-state index contributed by atoms with van der Waals surface area (Å²) in [5, 5.41) is 12.8. The molecule has 1 aromatic carbocycles. The zero-order chi connectivity index (χ0) is 13.1. The summed E-state index contributed by atoms with van der Waals surface area (Å²) in [5.74, 6) is 1.77. The first-order chi connectivity index (χ1) is 8.60. The maximum atomic E-state index is 9.01. The van der Waals surface area contributed by atoms with E-state index in [1.54, 1.807) is 18.2 Å². The van der Waals surface area contributed by atoms with Crippen LogP contribution in [-0.2, 0) is 6.54 Å². The van der Waals surface area contributed by atoms with E-state index in [1.165, 1.54) is 0 Å². The number of anilines is 1. The Balaban J connectivity index is 2.18. The minimum atomic E-state index is 0.581. The number of hydrogen-bond acceptors (Lipinski definition) is 3. The van der Waals surface area contributed by atoms with Crippen molar-refractivity contribution in [1.29, 1.82) is 5.26 Å². The molecule has 0 atom stereocenters. The molecule has 0 aliphatic rings. The molecule has 0 bridgehead atoms. The molecule has 4 heteroatoms. The molecule has 2 rings (SSSR count). The standard InChI is InChI=1S/C14H13ClN2O/c1-9-5-12(10(2)18-9)8-17-14-6-13(15)4-3-11(14)7-16/h3-6,17H,8H2,1-2H3. The van der Waals surface area contributed by atoms with Crippen molar-refractivity contribution >= 4 is 17.3 Å². The molecule has 0 aliphatic carbocycles. The molecule has 0 saturated heterocycles. The first-order valence-corrected chi connectivity index (χ1v) is 5.97. The Bertz CT molecular complexity index is 611. The predicted molar refractivity (Wildman–Crippen MR) is 71.7 cm³/mol. The molecule has 92 valence electrons. The van der Waals surface area contributed by atoms with Crippen LogP contribution in [0, 0.1) is 25.2 Å². The molecule has 0 radical (unpaired) electrons. The third-order valence-electron chi connectivity index (χ3n) is 2.72. The number of benzene rings is 1. The Hall–Kier alpha value is -1.92. The zero-order valence-corrected chi connectivity index (χ0v) is 11.0. The van der Waals surface area contributed by atoms with Crippen molar-refractivity contribution in [3.8, 4) is 6.07 Å². The molecule has 0 unspecified atom stereocenters. The van der Waals surface area contributed by atoms with Gasteiger partial charge in [0.15, 0.2) is 0 Å². The predicted octanol–water partition coefficient (Wildman–Crippen LogP) is 4.03. The SMILES string of the molecule is Cc1cc(CNc2cc(Cl)ccc2C#N)c(C)o1. The van der Waals surface area contributed by atoms with Crippen LogP contribution in [0.25, 0.3) is 0 Å². The summed E-state index contributed by atoms with van der Waals surface area (Å²) in [4.78, 5) is 0. The van der Waals surface area contributed by atoms with Gasteiger partial charge >= 0.3 is 0 Å². The van der Waals surface area contributed by atoms with Gasteiger partial charge in [-0.1, -0.05) is 11.6 Å². The summed E-state index contributed by atoms with van der Waals surface area (Å²) in [7, 11) is 0. The van der Waals surface area contributed by atoms with Crippen LogP contribution in [0.1, 0.15) is 22.6 Å². The van der Waals surface area contributed by atoms with Crippen LogP contribution >= 0.6 is 11.6 Å². The fourth-order valence-electron chi connectivity index (χ4n) is 1.81. The maximum absolute atomic E-state index is 9.01. The number of halogens is 1. The van der Waals surface area contributed by atoms with E-state index in [9.17, 15) is 0 Å². The van der Waals surface area contributed by atoms with Crippen molar-refractivity contribution in [2.75, 3.05) is 5.32 Å². The molecular formula is C14H13ClN2O. The number of hydrogen-bond donors (Lipinski definition) is 1. The first kappa shape index (κ1) is 12.5. The lowest BCUT2D eigenvalue weighted by atomic mass is 10.2. The summed E-state index contributed by atoms with van der Waals surface area (Å²) in [6.07, 6.45) is 0. The highest BCUT2D eigenvalue weighted by atomic mass is 35.5. The smallest absolute Gasteiger partial charge is 0.106 e. The molecule has 0 saturated carbocycles. The van der Waals surface area contributed by atoms with Crippen molar-refractivity contribution in [2.24, 2.45) is 0 Å². The van der Waals surface area contributed by atoms with Crippen molar-refractivity contribution in [2.45, 2.75) is 20.4 Å². The van der Waals surface area contributed by atoms with Crippen molar-refractivity contribution in [1.82, 2.24) is 0 Å². The minimum absolute atomic E-state index is 0.581. The highest BCUT2D eigenvalue weighted by molar-refractivity contribution is 6.30. The van der Waals surface area contributed by atoms with Gasteiger partial charge in [-0.25, -0.2) is 0 Å². The van der Waals surface area contributed by atoms with Gasteiger partial charge in [0.1, 0.15) is 17.6 Å². The normalized spacial score (nSPS) is 10.1. The van der Waals surface area contributed by atoms with Gasteiger partial charge < -0.3 is 9.73 Å². The van der Waals surface area contributed by atoms with Gasteiger partial charge in [0.25, 0.3) is 0 Å². The second-order valence-corrected chi connectivity index (χ2v) is 4.53. The summed E-state index contributed by atoms with van der Waals surface area (Å²) < 4.78 is 5.45. The summed E-state index contributed by atoms with van der Waals surface area (Å²) in [6.45, 7) is 4.45.